The van der Waals surface area contributed by atoms with Gasteiger partial charge in [-0.05, 0) is 20.8 Å². The highest BCUT2D eigenvalue weighted by molar-refractivity contribution is 5.12. The second-order valence-electron chi connectivity index (χ2n) is 5.18. The van der Waals surface area contributed by atoms with Crippen molar-refractivity contribution in [2.45, 2.75) is 32.4 Å². The summed E-state index contributed by atoms with van der Waals surface area (Å²) in [6.07, 6.45) is 3.54. The summed E-state index contributed by atoms with van der Waals surface area (Å²) in [5, 5.41) is 7.47. The highest BCUT2D eigenvalue weighted by Gasteiger charge is 2.16. The number of aryl methyl sites for hydroxylation is 1. The number of hydrogen-bond acceptors (Lipinski definition) is 4. The molecular weight excluding hydrogens is 218 g/mol. The van der Waals surface area contributed by atoms with Gasteiger partial charge in [-0.3, -0.25) is 4.68 Å². The lowest BCUT2D eigenvalue weighted by atomic mass is 10.1. The van der Waals surface area contributed by atoms with Crippen molar-refractivity contribution in [1.29, 1.82) is 0 Å². The maximum Gasteiger partial charge on any atom is 0.157 e. The Balaban J connectivity index is 2.48. The lowest BCUT2D eigenvalue weighted by Crippen LogP contribution is -2.44. The Hall–Kier alpha value is -1.07. The minimum absolute atomic E-state index is 0.0107. The zero-order valence-electron chi connectivity index (χ0n) is 11.4. The molecule has 1 rings (SSSR count). The van der Waals surface area contributed by atoms with Gasteiger partial charge in [0, 0.05) is 26.2 Å². The van der Waals surface area contributed by atoms with E-state index in [1.807, 2.05) is 13.2 Å². The van der Waals surface area contributed by atoms with E-state index in [9.17, 15) is 0 Å². The first-order valence-corrected chi connectivity index (χ1v) is 5.80. The van der Waals surface area contributed by atoms with E-state index in [0.717, 1.165) is 12.3 Å². The molecule has 1 unspecified atom stereocenters. The lowest BCUT2D eigenvalue weighted by molar-refractivity contribution is 0.0764. The molecule has 0 aliphatic carbocycles. The average molecular weight is 241 g/mol. The maximum absolute atomic E-state index is 5.80. The van der Waals surface area contributed by atoms with Crippen LogP contribution in [-0.4, -0.2) is 41.7 Å². The molecule has 1 heterocycles. The molecule has 5 heteroatoms. The number of rotatable bonds is 6. The van der Waals surface area contributed by atoms with Crippen molar-refractivity contribution in [2.24, 2.45) is 7.05 Å². The molecule has 1 N–H and O–H groups in total. The van der Waals surface area contributed by atoms with Gasteiger partial charge in [0.2, 0.25) is 0 Å². The van der Waals surface area contributed by atoms with Crippen LogP contribution >= 0.6 is 0 Å². The number of methoxy groups -OCH3 is 1. The monoisotopic (exact) mass is 241 g/mol. The van der Waals surface area contributed by atoms with Crippen molar-refractivity contribution in [3.63, 3.8) is 0 Å². The molecule has 0 spiro atoms. The number of hydrogen-bond donors (Lipinski definition) is 1. The van der Waals surface area contributed by atoms with Crippen molar-refractivity contribution in [1.82, 2.24) is 15.1 Å². The lowest BCUT2D eigenvalue weighted by Gasteiger charge is -2.25. The van der Waals surface area contributed by atoms with Crippen molar-refractivity contribution in [2.75, 3.05) is 20.3 Å². The fraction of sp³-hybridized carbons (Fsp3) is 0.750. The summed E-state index contributed by atoms with van der Waals surface area (Å²) in [5.41, 5.74) is 0.0737. The topological polar surface area (TPSA) is 48.3 Å². The standard InChI is InChI=1S/C12H23N3O2/c1-12(2,3)13-6-11(9-16-5)17-10-7-14-15(4)8-10/h7-8,11,13H,6,9H2,1-5H3. The molecule has 1 aromatic rings. The Kier molecular flexibility index (Phi) is 4.96. The molecular formula is C12H23N3O2. The van der Waals surface area contributed by atoms with Crippen molar-refractivity contribution in [3.8, 4) is 5.75 Å². The van der Waals surface area contributed by atoms with Crippen LogP contribution in [0, 0.1) is 0 Å². The number of aromatic nitrogens is 2. The van der Waals surface area contributed by atoms with Gasteiger partial charge < -0.3 is 14.8 Å². The fourth-order valence-electron chi connectivity index (χ4n) is 1.39. The highest BCUT2D eigenvalue weighted by atomic mass is 16.5. The summed E-state index contributed by atoms with van der Waals surface area (Å²) in [4.78, 5) is 0. The molecule has 0 aliphatic rings. The second kappa shape index (κ2) is 6.02. The molecule has 0 aromatic carbocycles. The minimum atomic E-state index is -0.0107. The first-order valence-electron chi connectivity index (χ1n) is 5.80. The van der Waals surface area contributed by atoms with Crippen LogP contribution in [-0.2, 0) is 11.8 Å². The maximum atomic E-state index is 5.80. The van der Waals surface area contributed by atoms with Crippen LogP contribution in [0.3, 0.4) is 0 Å². The van der Waals surface area contributed by atoms with Gasteiger partial charge >= 0.3 is 0 Å². The minimum Gasteiger partial charge on any atom is -0.483 e. The van der Waals surface area contributed by atoms with Crippen molar-refractivity contribution < 1.29 is 9.47 Å². The van der Waals surface area contributed by atoms with E-state index in [-0.39, 0.29) is 11.6 Å². The fourth-order valence-corrected chi connectivity index (χ4v) is 1.39. The third kappa shape index (κ3) is 5.70. The van der Waals surface area contributed by atoms with Crippen LogP contribution in [0.25, 0.3) is 0 Å². The Morgan fingerprint density at radius 2 is 2.18 bits per heavy atom. The molecule has 0 saturated heterocycles. The Morgan fingerprint density at radius 1 is 1.47 bits per heavy atom. The Labute approximate surface area is 103 Å². The molecule has 1 atom stereocenters. The largest absolute Gasteiger partial charge is 0.483 e. The summed E-state index contributed by atoms with van der Waals surface area (Å²) in [5.74, 6) is 0.769. The molecule has 0 aliphatic heterocycles. The summed E-state index contributed by atoms with van der Waals surface area (Å²) >= 11 is 0. The van der Waals surface area contributed by atoms with Crippen LogP contribution in [0.5, 0.6) is 5.75 Å². The van der Waals surface area contributed by atoms with E-state index in [2.05, 4.69) is 31.2 Å². The molecule has 0 bridgehead atoms. The van der Waals surface area contributed by atoms with Gasteiger partial charge in [-0.2, -0.15) is 5.10 Å². The van der Waals surface area contributed by atoms with Gasteiger partial charge in [0.25, 0.3) is 0 Å². The van der Waals surface area contributed by atoms with Crippen LogP contribution in [0.2, 0.25) is 0 Å². The van der Waals surface area contributed by atoms with E-state index in [1.54, 1.807) is 18.0 Å². The molecule has 0 radical (unpaired) electrons. The summed E-state index contributed by atoms with van der Waals surface area (Å²) in [6, 6.07) is 0. The quantitative estimate of drug-likeness (QED) is 0.813. The summed E-state index contributed by atoms with van der Waals surface area (Å²) < 4.78 is 12.7. The van der Waals surface area contributed by atoms with Crippen molar-refractivity contribution in [3.05, 3.63) is 12.4 Å². The van der Waals surface area contributed by atoms with Gasteiger partial charge in [-0.1, -0.05) is 0 Å². The molecule has 17 heavy (non-hydrogen) atoms. The predicted octanol–water partition coefficient (Wildman–Crippen LogP) is 1.20. The predicted molar refractivity (Wildman–Crippen MR) is 67.3 cm³/mol. The van der Waals surface area contributed by atoms with E-state index >= 15 is 0 Å². The average Bonchev–Trinajstić information content (AvgIpc) is 2.60. The molecule has 0 fully saturated rings. The number of ether oxygens (including phenoxy) is 2. The zero-order chi connectivity index (χ0) is 12.9. The summed E-state index contributed by atoms with van der Waals surface area (Å²) in [6.45, 7) is 7.67. The van der Waals surface area contributed by atoms with Gasteiger partial charge in [0.15, 0.2) is 5.75 Å². The van der Waals surface area contributed by atoms with Crippen LogP contribution < -0.4 is 10.1 Å². The SMILES string of the molecule is COCC(CNC(C)(C)C)Oc1cnn(C)c1. The molecule has 5 nitrogen and oxygen atoms in total. The van der Waals surface area contributed by atoms with E-state index in [0.29, 0.717) is 6.61 Å². The third-order valence-corrected chi connectivity index (χ3v) is 2.20. The summed E-state index contributed by atoms with van der Waals surface area (Å²) in [7, 11) is 3.54. The number of nitrogens with one attached hydrogen (secondary N) is 1. The molecule has 0 amide bonds. The molecule has 1 aromatic heterocycles. The van der Waals surface area contributed by atoms with Gasteiger partial charge in [0.05, 0.1) is 19.0 Å². The first kappa shape index (κ1) is 14.0. The van der Waals surface area contributed by atoms with Crippen molar-refractivity contribution >= 4 is 0 Å². The zero-order valence-corrected chi connectivity index (χ0v) is 11.4. The Bertz CT molecular complexity index is 331. The third-order valence-electron chi connectivity index (χ3n) is 2.20. The molecule has 0 saturated carbocycles. The highest BCUT2D eigenvalue weighted by Crippen LogP contribution is 2.10. The van der Waals surface area contributed by atoms with Gasteiger partial charge in [-0.25, -0.2) is 0 Å². The first-order chi connectivity index (χ1) is 7.90. The normalized spacial score (nSPS) is 13.7. The van der Waals surface area contributed by atoms with Crippen LogP contribution in [0.4, 0.5) is 0 Å². The molecule has 98 valence electrons. The van der Waals surface area contributed by atoms with E-state index in [1.165, 1.54) is 0 Å². The van der Waals surface area contributed by atoms with Crippen LogP contribution in [0.15, 0.2) is 12.4 Å². The Morgan fingerprint density at radius 3 is 2.65 bits per heavy atom. The van der Waals surface area contributed by atoms with Gasteiger partial charge in [-0.15, -0.1) is 0 Å². The van der Waals surface area contributed by atoms with E-state index < -0.39 is 0 Å². The number of nitrogens with zero attached hydrogens (tertiary/aromatic N) is 2. The second-order valence-corrected chi connectivity index (χ2v) is 5.18. The van der Waals surface area contributed by atoms with E-state index in [4.69, 9.17) is 9.47 Å². The smallest absolute Gasteiger partial charge is 0.157 e. The van der Waals surface area contributed by atoms with Crippen LogP contribution in [0.1, 0.15) is 20.8 Å². The van der Waals surface area contributed by atoms with Gasteiger partial charge in [0.1, 0.15) is 6.10 Å².